The first-order chi connectivity index (χ1) is 6.90. The van der Waals surface area contributed by atoms with E-state index < -0.39 is 12.7 Å². The van der Waals surface area contributed by atoms with Crippen LogP contribution in [0.25, 0.3) is 0 Å². The summed E-state index contributed by atoms with van der Waals surface area (Å²) in [5, 5.41) is 0. The van der Waals surface area contributed by atoms with E-state index in [2.05, 4.69) is 4.98 Å². The summed E-state index contributed by atoms with van der Waals surface area (Å²) in [7, 11) is 0. The molecule has 0 amide bonds. The second kappa shape index (κ2) is 5.14. The predicted molar refractivity (Wildman–Crippen MR) is 54.1 cm³/mol. The minimum atomic E-state index is -4.16. The highest BCUT2D eigenvalue weighted by Gasteiger charge is 2.30. The second-order valence-electron chi connectivity index (χ2n) is 3.00. The van der Waals surface area contributed by atoms with Gasteiger partial charge in [-0.05, 0) is 6.54 Å². The standard InChI is InChI=1S/C8H10ClF3N2S/c1-2-14(5-8(10,11)12)4-6-3-13-7(9)15-6/h3H,2,4-5H2,1H3. The van der Waals surface area contributed by atoms with Crippen molar-refractivity contribution in [3.63, 3.8) is 0 Å². The molecule has 0 aliphatic rings. The van der Waals surface area contributed by atoms with Crippen molar-refractivity contribution in [2.75, 3.05) is 13.1 Å². The largest absolute Gasteiger partial charge is 0.401 e. The first-order valence-electron chi connectivity index (χ1n) is 4.30. The molecule has 15 heavy (non-hydrogen) atoms. The average Bonchev–Trinajstić information content (AvgIpc) is 2.47. The van der Waals surface area contributed by atoms with Crippen LogP contribution in [0.1, 0.15) is 11.8 Å². The van der Waals surface area contributed by atoms with Crippen molar-refractivity contribution in [1.82, 2.24) is 9.88 Å². The Balaban J connectivity index is 2.54. The molecule has 0 aliphatic carbocycles. The van der Waals surface area contributed by atoms with Crippen molar-refractivity contribution in [3.8, 4) is 0 Å². The summed E-state index contributed by atoms with van der Waals surface area (Å²) >= 11 is 6.79. The highest BCUT2D eigenvalue weighted by molar-refractivity contribution is 7.15. The van der Waals surface area contributed by atoms with E-state index in [1.54, 1.807) is 6.92 Å². The first-order valence-corrected chi connectivity index (χ1v) is 5.49. The monoisotopic (exact) mass is 258 g/mol. The lowest BCUT2D eigenvalue weighted by Crippen LogP contribution is -2.33. The Labute approximate surface area is 94.7 Å². The van der Waals surface area contributed by atoms with Crippen molar-refractivity contribution in [1.29, 1.82) is 0 Å². The zero-order valence-corrected chi connectivity index (χ0v) is 9.59. The molecule has 0 bridgehead atoms. The zero-order chi connectivity index (χ0) is 11.5. The molecule has 1 aromatic heterocycles. The van der Waals surface area contributed by atoms with Crippen molar-refractivity contribution < 1.29 is 13.2 Å². The van der Waals surface area contributed by atoms with Gasteiger partial charge in [0.15, 0.2) is 4.47 Å². The normalized spacial score (nSPS) is 12.4. The molecule has 0 fully saturated rings. The van der Waals surface area contributed by atoms with Crippen LogP contribution in [0.15, 0.2) is 6.20 Å². The summed E-state index contributed by atoms with van der Waals surface area (Å²) in [6.45, 7) is 1.36. The lowest BCUT2D eigenvalue weighted by molar-refractivity contribution is -0.146. The fourth-order valence-electron chi connectivity index (χ4n) is 1.11. The molecule has 0 saturated heterocycles. The molecular weight excluding hydrogens is 249 g/mol. The van der Waals surface area contributed by atoms with Crippen LogP contribution in [0.5, 0.6) is 0 Å². The smallest absolute Gasteiger partial charge is 0.290 e. The third kappa shape index (κ3) is 4.81. The number of hydrogen-bond donors (Lipinski definition) is 0. The van der Waals surface area contributed by atoms with Gasteiger partial charge < -0.3 is 0 Å². The molecule has 1 aromatic rings. The topological polar surface area (TPSA) is 16.1 Å². The maximum absolute atomic E-state index is 12.1. The summed E-state index contributed by atoms with van der Waals surface area (Å²) in [6.07, 6.45) is -2.66. The summed E-state index contributed by atoms with van der Waals surface area (Å²) < 4.78 is 36.7. The Bertz CT molecular complexity index is 313. The van der Waals surface area contributed by atoms with Crippen LogP contribution in [0.3, 0.4) is 0 Å². The van der Waals surface area contributed by atoms with Gasteiger partial charge in [0.25, 0.3) is 0 Å². The van der Waals surface area contributed by atoms with Gasteiger partial charge in [0.1, 0.15) is 0 Å². The van der Waals surface area contributed by atoms with Gasteiger partial charge in [0.05, 0.1) is 6.54 Å². The van der Waals surface area contributed by atoms with E-state index in [9.17, 15) is 13.2 Å². The van der Waals surface area contributed by atoms with E-state index in [1.165, 1.54) is 22.4 Å². The van der Waals surface area contributed by atoms with Crippen molar-refractivity contribution in [2.45, 2.75) is 19.6 Å². The van der Waals surface area contributed by atoms with Crippen LogP contribution in [0.2, 0.25) is 4.47 Å². The van der Waals surface area contributed by atoms with Crippen LogP contribution in [0, 0.1) is 0 Å². The maximum atomic E-state index is 12.1. The summed E-state index contributed by atoms with van der Waals surface area (Å²) in [5.74, 6) is 0. The quantitative estimate of drug-likeness (QED) is 0.825. The highest BCUT2D eigenvalue weighted by Crippen LogP contribution is 2.22. The van der Waals surface area contributed by atoms with E-state index in [4.69, 9.17) is 11.6 Å². The van der Waals surface area contributed by atoms with Crippen LogP contribution < -0.4 is 0 Å². The molecule has 1 heterocycles. The summed E-state index contributed by atoms with van der Waals surface area (Å²) in [4.78, 5) is 5.81. The van der Waals surface area contributed by atoms with Crippen LogP contribution in [0.4, 0.5) is 13.2 Å². The minimum absolute atomic E-state index is 0.237. The van der Waals surface area contributed by atoms with E-state index in [0.29, 0.717) is 11.0 Å². The fraction of sp³-hybridized carbons (Fsp3) is 0.625. The zero-order valence-electron chi connectivity index (χ0n) is 8.01. The molecule has 0 aliphatic heterocycles. The van der Waals surface area contributed by atoms with Crippen LogP contribution in [-0.4, -0.2) is 29.1 Å². The van der Waals surface area contributed by atoms with Gasteiger partial charge in [-0.1, -0.05) is 18.5 Å². The molecule has 0 unspecified atom stereocenters. The SMILES string of the molecule is CCN(Cc1cnc(Cl)s1)CC(F)(F)F. The van der Waals surface area contributed by atoms with E-state index >= 15 is 0 Å². The Hall–Kier alpha value is -0.330. The number of rotatable bonds is 4. The highest BCUT2D eigenvalue weighted by atomic mass is 35.5. The van der Waals surface area contributed by atoms with Gasteiger partial charge in [0.2, 0.25) is 0 Å². The van der Waals surface area contributed by atoms with Gasteiger partial charge in [-0.2, -0.15) is 13.2 Å². The number of aromatic nitrogens is 1. The number of alkyl halides is 3. The van der Waals surface area contributed by atoms with Gasteiger partial charge in [-0.25, -0.2) is 4.98 Å². The lowest BCUT2D eigenvalue weighted by atomic mass is 10.4. The molecule has 86 valence electrons. The Morgan fingerprint density at radius 3 is 2.60 bits per heavy atom. The van der Waals surface area contributed by atoms with Gasteiger partial charge >= 0.3 is 6.18 Å². The van der Waals surface area contributed by atoms with Crippen LogP contribution in [-0.2, 0) is 6.54 Å². The first kappa shape index (κ1) is 12.7. The van der Waals surface area contributed by atoms with Crippen LogP contribution >= 0.6 is 22.9 Å². The third-order valence-electron chi connectivity index (χ3n) is 1.75. The van der Waals surface area contributed by atoms with Crippen molar-refractivity contribution in [3.05, 3.63) is 15.5 Å². The lowest BCUT2D eigenvalue weighted by Gasteiger charge is -2.20. The van der Waals surface area contributed by atoms with Crippen molar-refractivity contribution in [2.24, 2.45) is 0 Å². The molecule has 0 aromatic carbocycles. The Morgan fingerprint density at radius 1 is 1.53 bits per heavy atom. The Kier molecular flexibility index (Phi) is 4.36. The Morgan fingerprint density at radius 2 is 2.20 bits per heavy atom. The summed E-state index contributed by atoms with van der Waals surface area (Å²) in [5.41, 5.74) is 0. The molecule has 1 rings (SSSR count). The second-order valence-corrected chi connectivity index (χ2v) is 4.70. The third-order valence-corrected chi connectivity index (χ3v) is 2.85. The minimum Gasteiger partial charge on any atom is -0.290 e. The van der Waals surface area contributed by atoms with Gasteiger partial charge in [-0.15, -0.1) is 11.3 Å². The van der Waals surface area contributed by atoms with Gasteiger partial charge in [0, 0.05) is 17.6 Å². The van der Waals surface area contributed by atoms with E-state index in [1.807, 2.05) is 0 Å². The molecule has 0 saturated carbocycles. The molecule has 0 atom stereocenters. The van der Waals surface area contributed by atoms with Crippen molar-refractivity contribution >= 4 is 22.9 Å². The van der Waals surface area contributed by atoms with E-state index in [-0.39, 0.29) is 6.54 Å². The molecule has 0 N–H and O–H groups in total. The number of nitrogens with zero attached hydrogens (tertiary/aromatic N) is 2. The molecule has 7 heteroatoms. The molecule has 0 radical (unpaired) electrons. The average molecular weight is 259 g/mol. The molecule has 0 spiro atoms. The maximum Gasteiger partial charge on any atom is 0.401 e. The fourth-order valence-corrected chi connectivity index (χ4v) is 2.13. The van der Waals surface area contributed by atoms with Gasteiger partial charge in [-0.3, -0.25) is 4.90 Å². The predicted octanol–water partition coefficient (Wildman–Crippen LogP) is 3.18. The summed E-state index contributed by atoms with van der Waals surface area (Å²) in [6, 6.07) is 0. The molecular formula is C8H10ClF3N2S. The number of hydrogen-bond acceptors (Lipinski definition) is 3. The molecule has 2 nitrogen and oxygen atoms in total. The number of thiazole rings is 1. The van der Waals surface area contributed by atoms with E-state index in [0.717, 1.165) is 4.88 Å². The number of halogens is 4.